The summed E-state index contributed by atoms with van der Waals surface area (Å²) in [5.41, 5.74) is 0. The maximum Gasteiger partial charge on any atom is 0.225 e. The van der Waals surface area contributed by atoms with Gasteiger partial charge in [0.1, 0.15) is 5.01 Å². The van der Waals surface area contributed by atoms with Gasteiger partial charge in [-0.2, -0.15) is 0 Å². The van der Waals surface area contributed by atoms with E-state index >= 15 is 0 Å². The molecule has 2 rings (SSSR count). The minimum atomic E-state index is 0.158. The SMILES string of the molecule is CNc1nnc(CN2CCCC(C)C2=O)s1. The number of piperidine rings is 1. The van der Waals surface area contributed by atoms with Crippen molar-refractivity contribution in [2.24, 2.45) is 5.92 Å². The van der Waals surface area contributed by atoms with Crippen LogP contribution in [0.3, 0.4) is 0 Å². The highest BCUT2D eigenvalue weighted by Gasteiger charge is 2.25. The van der Waals surface area contributed by atoms with E-state index in [1.807, 2.05) is 18.9 Å². The van der Waals surface area contributed by atoms with Gasteiger partial charge >= 0.3 is 0 Å². The second-order valence-corrected chi connectivity index (χ2v) is 5.12. The van der Waals surface area contributed by atoms with Crippen LogP contribution in [-0.4, -0.2) is 34.6 Å². The first-order valence-corrected chi connectivity index (χ1v) is 6.31. The number of likely N-dealkylation sites (tertiary alicyclic amines) is 1. The van der Waals surface area contributed by atoms with E-state index in [4.69, 9.17) is 0 Å². The van der Waals surface area contributed by atoms with Crippen molar-refractivity contribution in [3.63, 3.8) is 0 Å². The Morgan fingerprint density at radius 3 is 3.06 bits per heavy atom. The highest BCUT2D eigenvalue weighted by Crippen LogP contribution is 2.21. The molecule has 1 aliphatic heterocycles. The monoisotopic (exact) mass is 240 g/mol. The molecule has 1 aromatic heterocycles. The smallest absolute Gasteiger partial charge is 0.225 e. The van der Waals surface area contributed by atoms with Crippen LogP contribution in [0.1, 0.15) is 24.8 Å². The van der Waals surface area contributed by atoms with Crippen molar-refractivity contribution in [2.75, 3.05) is 18.9 Å². The number of hydrogen-bond acceptors (Lipinski definition) is 5. The summed E-state index contributed by atoms with van der Waals surface area (Å²) in [6, 6.07) is 0. The van der Waals surface area contributed by atoms with Gasteiger partial charge in [0.2, 0.25) is 11.0 Å². The molecule has 88 valence electrons. The van der Waals surface area contributed by atoms with E-state index in [0.717, 1.165) is 29.5 Å². The Kier molecular flexibility index (Phi) is 3.38. The molecular formula is C10H16N4OS. The zero-order valence-electron chi connectivity index (χ0n) is 9.56. The van der Waals surface area contributed by atoms with Crippen LogP contribution in [0.15, 0.2) is 0 Å². The Bertz CT molecular complexity index is 379. The van der Waals surface area contributed by atoms with Crippen molar-refractivity contribution in [3.8, 4) is 0 Å². The van der Waals surface area contributed by atoms with Crippen molar-refractivity contribution in [1.82, 2.24) is 15.1 Å². The van der Waals surface area contributed by atoms with E-state index in [0.29, 0.717) is 6.54 Å². The van der Waals surface area contributed by atoms with Crippen LogP contribution >= 0.6 is 11.3 Å². The molecule has 0 bridgehead atoms. The zero-order chi connectivity index (χ0) is 11.5. The summed E-state index contributed by atoms with van der Waals surface area (Å²) in [6.45, 7) is 3.44. The molecule has 0 radical (unpaired) electrons. The van der Waals surface area contributed by atoms with Gasteiger partial charge in [-0.05, 0) is 12.8 Å². The van der Waals surface area contributed by atoms with Crippen molar-refractivity contribution < 1.29 is 4.79 Å². The average Bonchev–Trinajstić information content (AvgIpc) is 2.73. The third kappa shape index (κ3) is 2.32. The second kappa shape index (κ2) is 4.78. The third-order valence-corrected chi connectivity index (χ3v) is 3.73. The predicted octanol–water partition coefficient (Wildman–Crippen LogP) is 1.34. The van der Waals surface area contributed by atoms with E-state index in [2.05, 4.69) is 15.5 Å². The van der Waals surface area contributed by atoms with E-state index < -0.39 is 0 Å². The first-order chi connectivity index (χ1) is 7.70. The number of carbonyl (C=O) groups excluding carboxylic acids is 1. The maximum atomic E-state index is 11.9. The molecule has 1 aromatic rings. The molecule has 1 aliphatic rings. The van der Waals surface area contributed by atoms with Gasteiger partial charge in [0, 0.05) is 19.5 Å². The molecule has 0 aromatic carbocycles. The molecule has 0 saturated carbocycles. The molecule has 1 unspecified atom stereocenters. The molecule has 5 nitrogen and oxygen atoms in total. The summed E-state index contributed by atoms with van der Waals surface area (Å²) in [7, 11) is 1.82. The normalized spacial score (nSPS) is 21.2. The molecule has 0 spiro atoms. The number of rotatable bonds is 3. The number of hydrogen-bond donors (Lipinski definition) is 1. The third-order valence-electron chi connectivity index (χ3n) is 2.81. The van der Waals surface area contributed by atoms with Crippen molar-refractivity contribution >= 4 is 22.4 Å². The van der Waals surface area contributed by atoms with Gasteiger partial charge in [-0.1, -0.05) is 18.3 Å². The fourth-order valence-corrected chi connectivity index (χ4v) is 2.58. The topological polar surface area (TPSA) is 58.1 Å². The van der Waals surface area contributed by atoms with Crippen LogP contribution in [0.2, 0.25) is 0 Å². The van der Waals surface area contributed by atoms with Gasteiger partial charge in [0.25, 0.3) is 0 Å². The summed E-state index contributed by atoms with van der Waals surface area (Å²) in [4.78, 5) is 13.8. The lowest BCUT2D eigenvalue weighted by atomic mass is 9.99. The van der Waals surface area contributed by atoms with Gasteiger partial charge in [-0.15, -0.1) is 10.2 Å². The molecule has 2 heterocycles. The minimum Gasteiger partial charge on any atom is -0.363 e. The van der Waals surface area contributed by atoms with Gasteiger partial charge in [-0.25, -0.2) is 0 Å². The van der Waals surface area contributed by atoms with E-state index in [-0.39, 0.29) is 11.8 Å². The van der Waals surface area contributed by atoms with Crippen LogP contribution in [0.4, 0.5) is 5.13 Å². The second-order valence-electron chi connectivity index (χ2n) is 4.05. The van der Waals surface area contributed by atoms with Crippen molar-refractivity contribution in [2.45, 2.75) is 26.3 Å². The van der Waals surface area contributed by atoms with E-state index in [1.165, 1.54) is 11.3 Å². The molecule has 1 amide bonds. The number of carbonyl (C=O) groups is 1. The highest BCUT2D eigenvalue weighted by molar-refractivity contribution is 7.15. The number of nitrogens with one attached hydrogen (secondary N) is 1. The van der Waals surface area contributed by atoms with Gasteiger partial charge in [-0.3, -0.25) is 4.79 Å². The van der Waals surface area contributed by atoms with Gasteiger partial charge < -0.3 is 10.2 Å². The van der Waals surface area contributed by atoms with Crippen LogP contribution < -0.4 is 5.32 Å². The summed E-state index contributed by atoms with van der Waals surface area (Å²) in [6.07, 6.45) is 2.10. The molecule has 1 saturated heterocycles. The Morgan fingerprint density at radius 1 is 1.56 bits per heavy atom. The molecular weight excluding hydrogens is 224 g/mol. The van der Waals surface area contributed by atoms with Crippen molar-refractivity contribution in [3.05, 3.63) is 5.01 Å². The molecule has 0 aliphatic carbocycles. The number of aromatic nitrogens is 2. The number of amides is 1. The fraction of sp³-hybridized carbons (Fsp3) is 0.700. The van der Waals surface area contributed by atoms with Gasteiger partial charge in [0.15, 0.2) is 0 Å². The largest absolute Gasteiger partial charge is 0.363 e. The van der Waals surface area contributed by atoms with Crippen LogP contribution in [0, 0.1) is 5.92 Å². The Labute approximate surface area is 98.9 Å². The molecule has 1 fully saturated rings. The Morgan fingerprint density at radius 2 is 2.38 bits per heavy atom. The molecule has 16 heavy (non-hydrogen) atoms. The Balaban J connectivity index is 2.00. The fourth-order valence-electron chi connectivity index (χ4n) is 1.87. The van der Waals surface area contributed by atoms with E-state index in [1.54, 1.807) is 0 Å². The quantitative estimate of drug-likeness (QED) is 0.866. The molecule has 1 atom stereocenters. The van der Waals surface area contributed by atoms with Gasteiger partial charge in [0.05, 0.1) is 6.54 Å². The summed E-state index contributed by atoms with van der Waals surface area (Å²) >= 11 is 1.50. The van der Waals surface area contributed by atoms with Crippen LogP contribution in [0.5, 0.6) is 0 Å². The van der Waals surface area contributed by atoms with E-state index in [9.17, 15) is 4.79 Å². The standard InChI is InChI=1S/C10H16N4OS/c1-7-4-3-5-14(9(7)15)6-8-12-13-10(11-2)16-8/h7H,3-6H2,1-2H3,(H,11,13). The summed E-state index contributed by atoms with van der Waals surface area (Å²) in [5.74, 6) is 0.401. The summed E-state index contributed by atoms with van der Waals surface area (Å²) in [5, 5.41) is 12.7. The molecule has 1 N–H and O–H groups in total. The molecule has 6 heteroatoms. The predicted molar refractivity (Wildman–Crippen MR) is 63.3 cm³/mol. The Hall–Kier alpha value is -1.17. The number of nitrogens with zero attached hydrogens (tertiary/aromatic N) is 3. The number of anilines is 1. The lowest BCUT2D eigenvalue weighted by molar-refractivity contribution is -0.138. The highest BCUT2D eigenvalue weighted by atomic mass is 32.1. The first-order valence-electron chi connectivity index (χ1n) is 5.49. The van der Waals surface area contributed by atoms with Crippen LogP contribution in [0.25, 0.3) is 0 Å². The minimum absolute atomic E-state index is 0.158. The summed E-state index contributed by atoms with van der Waals surface area (Å²) < 4.78 is 0. The lowest BCUT2D eigenvalue weighted by Gasteiger charge is -2.29. The first kappa shape index (κ1) is 11.3. The van der Waals surface area contributed by atoms with Crippen molar-refractivity contribution in [1.29, 1.82) is 0 Å². The van der Waals surface area contributed by atoms with Crippen LogP contribution in [-0.2, 0) is 11.3 Å². The average molecular weight is 240 g/mol. The zero-order valence-corrected chi connectivity index (χ0v) is 10.4. The maximum absolute atomic E-state index is 11.9. The lowest BCUT2D eigenvalue weighted by Crippen LogP contribution is -2.39.